The van der Waals surface area contributed by atoms with Crippen LogP contribution < -0.4 is 0 Å². The van der Waals surface area contributed by atoms with Gasteiger partial charge in [-0.25, -0.2) is 0 Å². The molecule has 0 N–H and O–H groups in total. The minimum Gasteiger partial charge on any atom is -0.0616 e. The van der Waals surface area contributed by atoms with Crippen molar-refractivity contribution in [2.45, 2.75) is 13.8 Å². The average molecular weight is 361 g/mol. The highest BCUT2D eigenvalue weighted by Gasteiger charge is 2.01. The SMILES string of the molecule is Cc1ccc(/C=C\c2cc3ccccc3cc2/C=C\c2ccc(C)cc2)cc1. The lowest BCUT2D eigenvalue weighted by atomic mass is 9.98. The number of hydrogen-bond acceptors (Lipinski definition) is 0. The summed E-state index contributed by atoms with van der Waals surface area (Å²) in [5, 5.41) is 2.53. The first-order valence-electron chi connectivity index (χ1n) is 9.70. The zero-order valence-corrected chi connectivity index (χ0v) is 16.4. The monoisotopic (exact) mass is 360 g/mol. The van der Waals surface area contributed by atoms with E-state index in [1.165, 1.54) is 44.2 Å². The lowest BCUT2D eigenvalue weighted by molar-refractivity contribution is 1.46. The van der Waals surface area contributed by atoms with Gasteiger partial charge in [0.2, 0.25) is 0 Å². The van der Waals surface area contributed by atoms with Crippen LogP contribution in [0, 0.1) is 13.8 Å². The van der Waals surface area contributed by atoms with Crippen LogP contribution >= 0.6 is 0 Å². The molecule has 0 atom stereocenters. The summed E-state index contributed by atoms with van der Waals surface area (Å²) in [7, 11) is 0. The van der Waals surface area contributed by atoms with Gasteiger partial charge in [0.1, 0.15) is 0 Å². The molecular weight excluding hydrogens is 336 g/mol. The van der Waals surface area contributed by atoms with Crippen LogP contribution in [0.1, 0.15) is 33.4 Å². The van der Waals surface area contributed by atoms with Crippen molar-refractivity contribution in [2.24, 2.45) is 0 Å². The Morgan fingerprint density at radius 1 is 0.464 bits per heavy atom. The smallest absolute Gasteiger partial charge is 0.0177 e. The molecule has 0 amide bonds. The molecule has 0 unspecified atom stereocenters. The molecule has 0 bridgehead atoms. The van der Waals surface area contributed by atoms with Gasteiger partial charge in [-0.2, -0.15) is 0 Å². The Balaban J connectivity index is 1.73. The summed E-state index contributed by atoms with van der Waals surface area (Å²) < 4.78 is 0. The van der Waals surface area contributed by atoms with E-state index in [4.69, 9.17) is 0 Å². The number of benzene rings is 4. The summed E-state index contributed by atoms with van der Waals surface area (Å²) in [6.07, 6.45) is 8.80. The molecule has 0 saturated heterocycles. The van der Waals surface area contributed by atoms with Crippen LogP contribution in [0.3, 0.4) is 0 Å². The second kappa shape index (κ2) is 8.10. The minimum absolute atomic E-state index is 1.22. The van der Waals surface area contributed by atoms with Gasteiger partial charge in [-0.15, -0.1) is 0 Å². The Hall–Kier alpha value is -3.38. The normalized spacial score (nSPS) is 11.6. The van der Waals surface area contributed by atoms with Gasteiger partial charge in [0.15, 0.2) is 0 Å². The Morgan fingerprint density at radius 2 is 0.857 bits per heavy atom. The second-order valence-electron chi connectivity index (χ2n) is 7.32. The second-order valence-corrected chi connectivity index (χ2v) is 7.32. The van der Waals surface area contributed by atoms with Crippen molar-refractivity contribution < 1.29 is 0 Å². The summed E-state index contributed by atoms with van der Waals surface area (Å²) in [6, 6.07) is 30.3. The van der Waals surface area contributed by atoms with Crippen LogP contribution in [-0.2, 0) is 0 Å². The summed E-state index contributed by atoms with van der Waals surface area (Å²) in [6.45, 7) is 4.23. The van der Waals surface area contributed by atoms with Gasteiger partial charge in [0, 0.05) is 0 Å². The molecule has 4 rings (SSSR count). The summed E-state index contributed by atoms with van der Waals surface area (Å²) in [5.74, 6) is 0. The standard InChI is InChI=1S/C28H24/c1-21-7-11-23(12-8-21)15-17-27-19-25-5-3-4-6-26(25)20-28(27)18-16-24-13-9-22(2)10-14-24/h3-20H,1-2H3/b17-15-,18-16-. The molecule has 0 nitrogen and oxygen atoms in total. The van der Waals surface area contributed by atoms with Gasteiger partial charge in [0.05, 0.1) is 0 Å². The van der Waals surface area contributed by atoms with Crippen molar-refractivity contribution in [1.29, 1.82) is 0 Å². The van der Waals surface area contributed by atoms with Crippen LogP contribution in [0.4, 0.5) is 0 Å². The third-order valence-corrected chi connectivity index (χ3v) is 5.02. The van der Waals surface area contributed by atoms with Crippen LogP contribution in [0.25, 0.3) is 35.1 Å². The summed E-state index contributed by atoms with van der Waals surface area (Å²) >= 11 is 0. The fourth-order valence-corrected chi connectivity index (χ4v) is 3.29. The maximum atomic E-state index is 2.27. The summed E-state index contributed by atoms with van der Waals surface area (Å²) in [5.41, 5.74) is 7.44. The van der Waals surface area contributed by atoms with Gasteiger partial charge < -0.3 is 0 Å². The van der Waals surface area contributed by atoms with Crippen molar-refractivity contribution in [3.63, 3.8) is 0 Å². The number of hydrogen-bond donors (Lipinski definition) is 0. The van der Waals surface area contributed by atoms with E-state index in [2.05, 4.69) is 123 Å². The molecule has 0 aliphatic heterocycles. The summed E-state index contributed by atoms with van der Waals surface area (Å²) in [4.78, 5) is 0. The fourth-order valence-electron chi connectivity index (χ4n) is 3.29. The lowest BCUT2D eigenvalue weighted by Crippen LogP contribution is -1.84. The molecule has 0 fully saturated rings. The Kier molecular flexibility index (Phi) is 5.21. The van der Waals surface area contributed by atoms with Crippen molar-refractivity contribution in [2.75, 3.05) is 0 Å². The molecule has 0 heterocycles. The molecule has 0 aliphatic rings. The molecule has 0 saturated carbocycles. The van der Waals surface area contributed by atoms with E-state index < -0.39 is 0 Å². The van der Waals surface area contributed by atoms with Gasteiger partial charge in [-0.1, -0.05) is 108 Å². The van der Waals surface area contributed by atoms with E-state index in [0.717, 1.165) is 0 Å². The van der Waals surface area contributed by atoms with E-state index in [9.17, 15) is 0 Å². The van der Waals surface area contributed by atoms with Gasteiger partial charge >= 0.3 is 0 Å². The molecule has 0 spiro atoms. The highest BCUT2D eigenvalue weighted by molar-refractivity contribution is 5.91. The average Bonchev–Trinajstić information content (AvgIpc) is 2.72. The van der Waals surface area contributed by atoms with Crippen LogP contribution in [0.15, 0.2) is 84.9 Å². The van der Waals surface area contributed by atoms with E-state index in [0.29, 0.717) is 0 Å². The predicted octanol–water partition coefficient (Wildman–Crippen LogP) is 7.80. The van der Waals surface area contributed by atoms with Crippen molar-refractivity contribution in [3.05, 3.63) is 118 Å². The fraction of sp³-hybridized carbons (Fsp3) is 0.0714. The maximum Gasteiger partial charge on any atom is -0.0177 e. The Morgan fingerprint density at radius 3 is 1.25 bits per heavy atom. The van der Waals surface area contributed by atoms with Crippen LogP contribution in [-0.4, -0.2) is 0 Å². The lowest BCUT2D eigenvalue weighted by Gasteiger charge is -2.06. The zero-order valence-electron chi connectivity index (χ0n) is 16.4. The van der Waals surface area contributed by atoms with Crippen molar-refractivity contribution in [1.82, 2.24) is 0 Å². The number of fused-ring (bicyclic) bond motifs is 1. The van der Waals surface area contributed by atoms with Gasteiger partial charge in [0.25, 0.3) is 0 Å². The van der Waals surface area contributed by atoms with Gasteiger partial charge in [-0.3, -0.25) is 0 Å². The quantitative estimate of drug-likeness (QED) is 0.326. The van der Waals surface area contributed by atoms with E-state index >= 15 is 0 Å². The van der Waals surface area contributed by atoms with Gasteiger partial charge in [-0.05, 0) is 59.0 Å². The molecule has 4 aromatic rings. The largest absolute Gasteiger partial charge is 0.0616 e. The van der Waals surface area contributed by atoms with Crippen molar-refractivity contribution >= 4 is 35.1 Å². The third-order valence-electron chi connectivity index (χ3n) is 5.02. The number of rotatable bonds is 4. The Bertz CT molecular complexity index is 1050. The Labute approximate surface area is 167 Å². The first-order valence-corrected chi connectivity index (χ1v) is 9.70. The van der Waals surface area contributed by atoms with Crippen LogP contribution in [0.2, 0.25) is 0 Å². The molecular formula is C28H24. The van der Waals surface area contributed by atoms with E-state index in [1.807, 2.05) is 0 Å². The molecule has 0 radical (unpaired) electrons. The van der Waals surface area contributed by atoms with E-state index in [1.54, 1.807) is 0 Å². The highest BCUT2D eigenvalue weighted by atomic mass is 14.1. The first-order chi connectivity index (χ1) is 13.7. The third kappa shape index (κ3) is 4.29. The maximum absolute atomic E-state index is 2.27. The minimum atomic E-state index is 1.22. The highest BCUT2D eigenvalue weighted by Crippen LogP contribution is 2.24. The zero-order chi connectivity index (χ0) is 19.3. The molecule has 28 heavy (non-hydrogen) atoms. The molecule has 0 aromatic heterocycles. The topological polar surface area (TPSA) is 0 Å². The van der Waals surface area contributed by atoms with E-state index in [-0.39, 0.29) is 0 Å². The predicted molar refractivity (Wildman–Crippen MR) is 124 cm³/mol. The van der Waals surface area contributed by atoms with Crippen molar-refractivity contribution in [3.8, 4) is 0 Å². The molecule has 136 valence electrons. The number of aryl methyl sites for hydroxylation is 2. The first kappa shape index (κ1) is 18.0. The molecule has 0 aliphatic carbocycles. The van der Waals surface area contributed by atoms with Crippen LogP contribution in [0.5, 0.6) is 0 Å². The molecule has 0 heteroatoms. The molecule has 4 aromatic carbocycles.